The summed E-state index contributed by atoms with van der Waals surface area (Å²) in [5.41, 5.74) is 2.96. The number of carbonyl (C=O) groups is 4. The van der Waals surface area contributed by atoms with Crippen LogP contribution >= 0.6 is 11.6 Å². The molecule has 6 rings (SSSR count). The highest BCUT2D eigenvalue weighted by Crippen LogP contribution is 2.43. The van der Waals surface area contributed by atoms with Gasteiger partial charge in [-0.15, -0.1) is 0 Å². The van der Waals surface area contributed by atoms with Crippen molar-refractivity contribution in [1.29, 1.82) is 0 Å². The molecule has 1 aromatic heterocycles. The van der Waals surface area contributed by atoms with Crippen molar-refractivity contribution >= 4 is 52.2 Å². The first kappa shape index (κ1) is 30.4. The van der Waals surface area contributed by atoms with E-state index in [-0.39, 0.29) is 40.9 Å². The number of amides is 3. The molecular weight excluding hydrogens is 606 g/mol. The Morgan fingerprint density at radius 3 is 2.58 bits per heavy atom. The van der Waals surface area contributed by atoms with E-state index in [1.54, 1.807) is 29.3 Å². The minimum absolute atomic E-state index is 0.182. The molecule has 3 atom stereocenters. The quantitative estimate of drug-likeness (QED) is 0.207. The Morgan fingerprint density at radius 2 is 1.82 bits per heavy atom. The molecule has 0 saturated carbocycles. The van der Waals surface area contributed by atoms with Crippen LogP contribution in [0.25, 0.3) is 16.7 Å². The van der Waals surface area contributed by atoms with Crippen LogP contribution in [0.5, 0.6) is 0 Å². The number of carbonyl (C=O) groups excluding carboxylic acids is 4. The molecule has 1 unspecified atom stereocenters. The number of benzene rings is 2. The molecule has 45 heavy (non-hydrogen) atoms. The van der Waals surface area contributed by atoms with Crippen LogP contribution in [0, 0.1) is 17.6 Å². The van der Waals surface area contributed by atoms with Crippen LogP contribution in [-0.2, 0) is 23.9 Å². The fourth-order valence-electron chi connectivity index (χ4n) is 6.25. The number of fused-ring (bicyclic) bond motifs is 5. The standard InChI is InChI=1S/C33H29ClF2N4O5/c1-16-4-3-5-26(40-11-9-18(13-27(40)41)28-22(35)7-6-21(34)30(28)36)25-12-17(8-10-37-25)19-14-20-24(15-23(19)38-31(16)42)39-32(43)29(20)33(44)45-2/h6-8,10,12-16,26,29H,3-5,9,11H2,1-2H3,(H,38,42)(H,39,43)/t16-,26+,29?/m1/s1. The molecule has 12 heteroatoms. The van der Waals surface area contributed by atoms with Crippen molar-refractivity contribution in [3.63, 3.8) is 0 Å². The maximum Gasteiger partial charge on any atom is 0.322 e. The summed E-state index contributed by atoms with van der Waals surface area (Å²) < 4.78 is 34.3. The molecule has 3 amide bonds. The van der Waals surface area contributed by atoms with Crippen LogP contribution in [0.4, 0.5) is 20.2 Å². The van der Waals surface area contributed by atoms with Gasteiger partial charge in [0.15, 0.2) is 11.7 Å². The van der Waals surface area contributed by atoms with E-state index < -0.39 is 41.4 Å². The summed E-state index contributed by atoms with van der Waals surface area (Å²) in [4.78, 5) is 58.2. The number of hydrogen-bond acceptors (Lipinski definition) is 6. The van der Waals surface area contributed by atoms with Gasteiger partial charge in [-0.3, -0.25) is 24.2 Å². The van der Waals surface area contributed by atoms with Crippen LogP contribution in [0.2, 0.25) is 5.02 Å². The summed E-state index contributed by atoms with van der Waals surface area (Å²) in [6, 6.07) is 8.58. The number of pyridine rings is 1. The van der Waals surface area contributed by atoms with Gasteiger partial charge in [-0.25, -0.2) is 8.78 Å². The fourth-order valence-corrected chi connectivity index (χ4v) is 6.41. The molecular formula is C33H29ClF2N4O5. The largest absolute Gasteiger partial charge is 0.468 e. The Kier molecular flexibility index (Phi) is 8.13. The molecule has 0 radical (unpaired) electrons. The molecule has 2 aromatic carbocycles. The van der Waals surface area contributed by atoms with Crippen LogP contribution in [-0.4, -0.2) is 47.2 Å². The lowest BCUT2D eigenvalue weighted by Crippen LogP contribution is -2.38. The molecule has 4 heterocycles. The number of anilines is 2. The van der Waals surface area contributed by atoms with E-state index >= 15 is 0 Å². The van der Waals surface area contributed by atoms with Crippen molar-refractivity contribution in [2.24, 2.45) is 5.92 Å². The van der Waals surface area contributed by atoms with Gasteiger partial charge in [-0.05, 0) is 66.8 Å². The number of rotatable bonds is 3. The molecule has 0 aliphatic carbocycles. The molecule has 3 aliphatic heterocycles. The lowest BCUT2D eigenvalue weighted by atomic mass is 9.91. The number of hydrogen-bond donors (Lipinski definition) is 2. The lowest BCUT2D eigenvalue weighted by molar-refractivity contribution is -0.144. The average molecular weight is 635 g/mol. The monoisotopic (exact) mass is 634 g/mol. The SMILES string of the molecule is COC(=O)C1C(=O)Nc2cc3c(cc21)-c1ccnc(c1)[C@@H](N1CCC(c2c(F)ccc(Cl)c2F)=CC1=O)CCC[C@@H](C)C(=O)N3. The van der Waals surface area contributed by atoms with Gasteiger partial charge in [0.1, 0.15) is 5.82 Å². The number of esters is 1. The summed E-state index contributed by atoms with van der Waals surface area (Å²) in [7, 11) is 1.21. The maximum absolute atomic E-state index is 14.8. The Hall–Kier alpha value is -4.64. The molecule has 2 N–H and O–H groups in total. The van der Waals surface area contributed by atoms with Gasteiger partial charge in [0, 0.05) is 41.5 Å². The van der Waals surface area contributed by atoms with E-state index in [1.165, 1.54) is 13.2 Å². The molecule has 0 saturated heterocycles. The van der Waals surface area contributed by atoms with Crippen LogP contribution in [0.15, 0.2) is 48.7 Å². The van der Waals surface area contributed by atoms with Gasteiger partial charge in [0.25, 0.3) is 0 Å². The maximum atomic E-state index is 14.8. The van der Waals surface area contributed by atoms with E-state index in [0.29, 0.717) is 53.0 Å². The highest BCUT2D eigenvalue weighted by molar-refractivity contribution is 6.31. The Balaban J connectivity index is 1.42. The minimum atomic E-state index is -1.17. The fraction of sp³-hybridized carbons (Fsp3) is 0.303. The first-order valence-electron chi connectivity index (χ1n) is 14.6. The first-order valence-corrected chi connectivity index (χ1v) is 14.9. The van der Waals surface area contributed by atoms with E-state index in [2.05, 4.69) is 15.6 Å². The summed E-state index contributed by atoms with van der Waals surface area (Å²) >= 11 is 5.90. The van der Waals surface area contributed by atoms with Crippen LogP contribution < -0.4 is 10.6 Å². The van der Waals surface area contributed by atoms with Crippen LogP contribution in [0.1, 0.15) is 61.4 Å². The number of nitrogens with one attached hydrogen (secondary N) is 2. The van der Waals surface area contributed by atoms with Crippen molar-refractivity contribution in [2.45, 2.75) is 44.6 Å². The number of halogens is 3. The summed E-state index contributed by atoms with van der Waals surface area (Å²) in [5, 5.41) is 5.46. The van der Waals surface area contributed by atoms with E-state index in [4.69, 9.17) is 16.3 Å². The van der Waals surface area contributed by atoms with Crippen molar-refractivity contribution in [1.82, 2.24) is 9.88 Å². The van der Waals surface area contributed by atoms with Crippen molar-refractivity contribution in [3.05, 3.63) is 82.1 Å². The molecule has 3 aromatic rings. The minimum Gasteiger partial charge on any atom is -0.468 e. The highest BCUT2D eigenvalue weighted by Gasteiger charge is 2.39. The zero-order valence-electron chi connectivity index (χ0n) is 24.5. The van der Waals surface area contributed by atoms with Crippen LogP contribution in [0.3, 0.4) is 0 Å². The lowest BCUT2D eigenvalue weighted by Gasteiger charge is -2.34. The number of methoxy groups -OCH3 is 1. The second-order valence-corrected chi connectivity index (χ2v) is 11.8. The van der Waals surface area contributed by atoms with Gasteiger partial charge in [0.05, 0.1) is 35.1 Å². The third-order valence-corrected chi connectivity index (χ3v) is 8.95. The number of nitrogens with zero attached hydrogens (tertiary/aromatic N) is 2. The average Bonchev–Trinajstić information content (AvgIpc) is 3.35. The molecule has 3 aliphatic rings. The predicted octanol–water partition coefficient (Wildman–Crippen LogP) is 6.00. The van der Waals surface area contributed by atoms with Gasteiger partial charge in [0.2, 0.25) is 17.7 Å². The summed E-state index contributed by atoms with van der Waals surface area (Å²) in [6.07, 6.45) is 4.64. The normalized spacial score (nSPS) is 21.4. The van der Waals surface area contributed by atoms with E-state index in [9.17, 15) is 28.0 Å². The van der Waals surface area contributed by atoms with Crippen molar-refractivity contribution in [2.75, 3.05) is 24.3 Å². The summed E-state index contributed by atoms with van der Waals surface area (Å²) in [6.45, 7) is 1.99. The highest BCUT2D eigenvalue weighted by atomic mass is 35.5. The molecule has 9 nitrogen and oxygen atoms in total. The third-order valence-electron chi connectivity index (χ3n) is 8.66. The smallest absolute Gasteiger partial charge is 0.322 e. The zero-order chi connectivity index (χ0) is 32.0. The van der Waals surface area contributed by atoms with E-state index in [1.807, 2.05) is 13.0 Å². The second kappa shape index (κ2) is 12.0. The molecule has 232 valence electrons. The first-order chi connectivity index (χ1) is 21.6. The van der Waals surface area contributed by atoms with Gasteiger partial charge < -0.3 is 20.3 Å². The molecule has 2 bridgehead atoms. The third kappa shape index (κ3) is 5.56. The zero-order valence-corrected chi connectivity index (χ0v) is 25.2. The van der Waals surface area contributed by atoms with Gasteiger partial charge in [-0.1, -0.05) is 24.9 Å². The predicted molar refractivity (Wildman–Crippen MR) is 163 cm³/mol. The van der Waals surface area contributed by atoms with Crippen molar-refractivity contribution < 1.29 is 32.7 Å². The Morgan fingerprint density at radius 1 is 1.04 bits per heavy atom. The van der Waals surface area contributed by atoms with Crippen molar-refractivity contribution in [3.8, 4) is 11.1 Å². The number of ether oxygens (including phenoxy) is 1. The van der Waals surface area contributed by atoms with Gasteiger partial charge >= 0.3 is 5.97 Å². The Labute approximate surface area is 262 Å². The molecule has 0 spiro atoms. The van der Waals surface area contributed by atoms with Gasteiger partial charge in [-0.2, -0.15) is 0 Å². The molecule has 0 fully saturated rings. The topological polar surface area (TPSA) is 118 Å². The van der Waals surface area contributed by atoms with E-state index in [0.717, 1.165) is 12.1 Å². The second-order valence-electron chi connectivity index (χ2n) is 11.4. The number of aromatic nitrogens is 1. The summed E-state index contributed by atoms with van der Waals surface area (Å²) in [5.74, 6) is -5.13. The Bertz CT molecular complexity index is 1790.